The number of rotatable bonds is 7. The molecule has 0 aromatic heterocycles. The molecule has 1 unspecified atom stereocenters. The van der Waals surface area contributed by atoms with Crippen LogP contribution in [0.4, 0.5) is 4.79 Å². The molecule has 2 aromatic carbocycles. The molecule has 0 radical (unpaired) electrons. The van der Waals surface area contributed by atoms with E-state index in [4.69, 9.17) is 5.11 Å². The fourth-order valence-electron chi connectivity index (χ4n) is 4.50. The summed E-state index contributed by atoms with van der Waals surface area (Å²) >= 11 is 0. The Hall–Kier alpha value is -3.86. The van der Waals surface area contributed by atoms with Crippen LogP contribution >= 0.6 is 0 Å². The Bertz CT molecular complexity index is 1310. The second kappa shape index (κ2) is 10.4. The molecule has 36 heavy (non-hydrogen) atoms. The highest BCUT2D eigenvalue weighted by molar-refractivity contribution is 7.89. The van der Waals surface area contributed by atoms with Crippen molar-refractivity contribution in [3.8, 4) is 0 Å². The summed E-state index contributed by atoms with van der Waals surface area (Å²) in [4.78, 5) is 36.3. The van der Waals surface area contributed by atoms with E-state index in [-0.39, 0.29) is 23.9 Å². The minimum atomic E-state index is -4.04. The third kappa shape index (κ3) is 5.51. The molecule has 2 aromatic rings. The van der Waals surface area contributed by atoms with Crippen molar-refractivity contribution in [1.29, 1.82) is 0 Å². The van der Waals surface area contributed by atoms with Crippen molar-refractivity contribution in [1.82, 2.24) is 20.3 Å². The zero-order chi connectivity index (χ0) is 25.9. The molecule has 0 spiro atoms. The molecule has 4 N–H and O–H groups in total. The number of aryl methyl sites for hydroxylation is 2. The SMILES string of the molecule is Cc1ccc(S(=O)(=O)N2C=CNC(=O)[C@H]2CC(=O)NCc2ccc3c(c2)CCCC3NC(=O)O)cc1. The minimum Gasteiger partial charge on any atom is -0.465 e. The van der Waals surface area contributed by atoms with Gasteiger partial charge in [-0.2, -0.15) is 0 Å². The first-order valence-electron chi connectivity index (χ1n) is 11.6. The molecule has 11 heteroatoms. The average molecular weight is 513 g/mol. The first kappa shape index (κ1) is 25.2. The zero-order valence-corrected chi connectivity index (χ0v) is 20.5. The number of carboxylic acid groups (broad SMARTS) is 1. The van der Waals surface area contributed by atoms with Gasteiger partial charge in [-0.05, 0) is 55.0 Å². The van der Waals surface area contributed by atoms with Crippen LogP contribution in [0.3, 0.4) is 0 Å². The lowest BCUT2D eigenvalue weighted by Gasteiger charge is -2.31. The van der Waals surface area contributed by atoms with Gasteiger partial charge < -0.3 is 21.1 Å². The molecular formula is C25H28N4O6S. The second-order valence-corrected chi connectivity index (χ2v) is 10.7. The number of hydrogen-bond donors (Lipinski definition) is 4. The van der Waals surface area contributed by atoms with E-state index in [0.29, 0.717) is 0 Å². The molecule has 0 saturated carbocycles. The van der Waals surface area contributed by atoms with Crippen molar-refractivity contribution in [3.63, 3.8) is 0 Å². The summed E-state index contributed by atoms with van der Waals surface area (Å²) in [6, 6.07) is 10.4. The van der Waals surface area contributed by atoms with E-state index in [1.165, 1.54) is 24.5 Å². The number of sulfonamides is 1. The zero-order valence-electron chi connectivity index (χ0n) is 19.7. The maximum absolute atomic E-state index is 13.2. The van der Waals surface area contributed by atoms with Gasteiger partial charge in [0.1, 0.15) is 6.04 Å². The molecule has 1 heterocycles. The molecule has 1 aliphatic heterocycles. The van der Waals surface area contributed by atoms with E-state index in [1.54, 1.807) is 12.1 Å². The van der Waals surface area contributed by atoms with Crippen LogP contribution in [0.5, 0.6) is 0 Å². The monoisotopic (exact) mass is 512 g/mol. The van der Waals surface area contributed by atoms with Crippen molar-refractivity contribution in [2.45, 2.75) is 56.1 Å². The number of fused-ring (bicyclic) bond motifs is 1. The first-order chi connectivity index (χ1) is 17.1. The summed E-state index contributed by atoms with van der Waals surface area (Å²) < 4.78 is 27.3. The van der Waals surface area contributed by atoms with E-state index in [2.05, 4.69) is 16.0 Å². The van der Waals surface area contributed by atoms with Gasteiger partial charge >= 0.3 is 6.09 Å². The summed E-state index contributed by atoms with van der Waals surface area (Å²) in [5.41, 5.74) is 3.68. The standard InChI is InChI=1S/C25H28N4O6S/c1-16-5-8-19(9-6-16)36(34,35)29-12-11-26-24(31)22(29)14-23(30)27-15-17-7-10-20-18(13-17)3-2-4-21(20)28-25(32)33/h5-13,21-22,28H,2-4,14-15H2,1H3,(H,26,31)(H,27,30)(H,32,33)/t21?,22-/m1/s1. The van der Waals surface area contributed by atoms with E-state index in [1.807, 2.05) is 25.1 Å². The maximum atomic E-state index is 13.2. The molecule has 4 rings (SSSR count). The molecular weight excluding hydrogens is 484 g/mol. The van der Waals surface area contributed by atoms with Crippen LogP contribution in [0, 0.1) is 6.92 Å². The predicted octanol–water partition coefficient (Wildman–Crippen LogP) is 2.31. The Kier molecular flexibility index (Phi) is 7.30. The van der Waals surface area contributed by atoms with Crippen molar-refractivity contribution >= 4 is 27.9 Å². The number of nitrogens with one attached hydrogen (secondary N) is 3. The van der Waals surface area contributed by atoms with Crippen LogP contribution in [0.15, 0.2) is 59.8 Å². The molecule has 2 atom stereocenters. The predicted molar refractivity (Wildman–Crippen MR) is 131 cm³/mol. The van der Waals surface area contributed by atoms with Crippen molar-refractivity contribution < 1.29 is 27.9 Å². The van der Waals surface area contributed by atoms with Gasteiger partial charge in [0.25, 0.3) is 10.0 Å². The van der Waals surface area contributed by atoms with Gasteiger partial charge in [-0.3, -0.25) is 13.9 Å². The van der Waals surface area contributed by atoms with Gasteiger partial charge in [-0.25, -0.2) is 13.2 Å². The summed E-state index contributed by atoms with van der Waals surface area (Å²) in [5, 5.41) is 16.8. The van der Waals surface area contributed by atoms with Crippen LogP contribution in [0.25, 0.3) is 0 Å². The third-order valence-corrected chi connectivity index (χ3v) is 8.14. The van der Waals surface area contributed by atoms with E-state index in [0.717, 1.165) is 45.8 Å². The highest BCUT2D eigenvalue weighted by Gasteiger charge is 2.37. The molecule has 0 bridgehead atoms. The Balaban J connectivity index is 1.43. The Morgan fingerprint density at radius 1 is 1.17 bits per heavy atom. The maximum Gasteiger partial charge on any atom is 0.405 e. The number of carbonyl (C=O) groups excluding carboxylic acids is 2. The second-order valence-electron chi connectivity index (χ2n) is 8.90. The van der Waals surface area contributed by atoms with Crippen molar-refractivity contribution in [3.05, 3.63) is 77.1 Å². The Morgan fingerprint density at radius 2 is 1.92 bits per heavy atom. The number of nitrogens with zero attached hydrogens (tertiary/aromatic N) is 1. The summed E-state index contributed by atoms with van der Waals surface area (Å²) in [7, 11) is -4.04. The summed E-state index contributed by atoms with van der Waals surface area (Å²) in [5.74, 6) is -1.06. The molecule has 190 valence electrons. The number of amides is 3. The van der Waals surface area contributed by atoms with Gasteiger partial charge in [0, 0.05) is 18.9 Å². The van der Waals surface area contributed by atoms with Crippen LogP contribution < -0.4 is 16.0 Å². The molecule has 10 nitrogen and oxygen atoms in total. The lowest BCUT2D eigenvalue weighted by Crippen LogP contribution is -2.51. The lowest BCUT2D eigenvalue weighted by molar-refractivity contribution is -0.129. The fraction of sp³-hybridized carbons (Fsp3) is 0.320. The van der Waals surface area contributed by atoms with Gasteiger partial charge in [-0.15, -0.1) is 0 Å². The Morgan fingerprint density at radius 3 is 2.64 bits per heavy atom. The van der Waals surface area contributed by atoms with Gasteiger partial charge in [0.05, 0.1) is 17.4 Å². The minimum absolute atomic E-state index is 0.0302. The Labute approximate surface area is 209 Å². The number of benzene rings is 2. The van der Waals surface area contributed by atoms with Crippen LogP contribution in [-0.2, 0) is 32.6 Å². The van der Waals surface area contributed by atoms with Crippen LogP contribution in [-0.4, -0.2) is 41.8 Å². The molecule has 0 fully saturated rings. The number of carbonyl (C=O) groups is 3. The lowest BCUT2D eigenvalue weighted by atomic mass is 9.86. The van der Waals surface area contributed by atoms with E-state index < -0.39 is 34.0 Å². The highest BCUT2D eigenvalue weighted by atomic mass is 32.2. The topological polar surface area (TPSA) is 145 Å². The third-order valence-electron chi connectivity index (χ3n) is 6.34. The molecule has 3 amide bonds. The van der Waals surface area contributed by atoms with Gasteiger partial charge in [0.15, 0.2) is 0 Å². The van der Waals surface area contributed by atoms with E-state index >= 15 is 0 Å². The fourth-order valence-corrected chi connectivity index (χ4v) is 5.95. The average Bonchev–Trinajstić information content (AvgIpc) is 2.84. The quantitative estimate of drug-likeness (QED) is 0.448. The normalized spacial score (nSPS) is 19.2. The van der Waals surface area contributed by atoms with Crippen molar-refractivity contribution in [2.75, 3.05) is 0 Å². The molecule has 0 saturated heterocycles. The van der Waals surface area contributed by atoms with E-state index in [9.17, 15) is 22.8 Å². The molecule has 2 aliphatic rings. The van der Waals surface area contributed by atoms with Gasteiger partial charge in [-0.1, -0.05) is 35.9 Å². The molecule has 1 aliphatic carbocycles. The largest absolute Gasteiger partial charge is 0.465 e. The smallest absolute Gasteiger partial charge is 0.405 e. The highest BCUT2D eigenvalue weighted by Crippen LogP contribution is 2.30. The number of hydrogen-bond acceptors (Lipinski definition) is 5. The van der Waals surface area contributed by atoms with Crippen LogP contribution in [0.2, 0.25) is 0 Å². The summed E-state index contributed by atoms with van der Waals surface area (Å²) in [6.07, 6.45) is 3.47. The van der Waals surface area contributed by atoms with Crippen molar-refractivity contribution in [2.24, 2.45) is 0 Å². The van der Waals surface area contributed by atoms with Gasteiger partial charge in [0.2, 0.25) is 11.8 Å². The first-order valence-corrected chi connectivity index (χ1v) is 13.0. The van der Waals surface area contributed by atoms with Crippen LogP contribution in [0.1, 0.15) is 47.6 Å². The summed E-state index contributed by atoms with van der Waals surface area (Å²) in [6.45, 7) is 2.03.